The quantitative estimate of drug-likeness (QED) is 0.137. The monoisotopic (exact) mass is 892 g/mol. The van der Waals surface area contributed by atoms with E-state index < -0.39 is 11.6 Å². The number of pyridine rings is 2. The Morgan fingerprint density at radius 1 is 0.702 bits per heavy atom. The molecule has 4 aromatic heterocycles. The van der Waals surface area contributed by atoms with Gasteiger partial charge in [-0.2, -0.15) is 0 Å². The summed E-state index contributed by atoms with van der Waals surface area (Å²) in [5.41, 5.74) is 5.43. The number of benzene rings is 2. The topological polar surface area (TPSA) is 126 Å². The smallest absolute Gasteiger partial charge is 1.00 e. The first-order valence-corrected chi connectivity index (χ1v) is 18.3. The van der Waals surface area contributed by atoms with Gasteiger partial charge in [-0.3, -0.25) is 18.3 Å². The summed E-state index contributed by atoms with van der Waals surface area (Å²) in [6, 6.07) is 17.9. The van der Waals surface area contributed by atoms with E-state index in [1.54, 1.807) is 65.9 Å². The molecule has 6 rings (SSSR count). The molecule has 0 aliphatic carbocycles. The average Bonchev–Trinajstić information content (AvgIpc) is 3.45. The molecule has 6 aromatic rings. The number of carbonyl (C=O) groups excluding carboxylic acids is 1. The van der Waals surface area contributed by atoms with E-state index in [1.807, 2.05) is 36.4 Å². The number of esters is 1. The van der Waals surface area contributed by atoms with Gasteiger partial charge in [0.05, 0.1) is 40.7 Å². The Balaban J connectivity index is 0.000000374. The number of hydrogen-bond acceptors (Lipinski definition) is 7. The van der Waals surface area contributed by atoms with Gasteiger partial charge < -0.3 is 34.3 Å². The second-order valence-corrected chi connectivity index (χ2v) is 17.4. The second-order valence-electron chi connectivity index (χ2n) is 16.6. The van der Waals surface area contributed by atoms with Crippen LogP contribution < -0.4 is 28.4 Å². The number of ether oxygens (including phenoxy) is 1. The minimum atomic E-state index is -1.01. The van der Waals surface area contributed by atoms with Crippen LogP contribution in [0.5, 0.6) is 0 Å². The maximum Gasteiger partial charge on any atom is 2.00 e. The summed E-state index contributed by atoms with van der Waals surface area (Å²) in [6.45, 7) is 17.2. The van der Waals surface area contributed by atoms with Crippen molar-refractivity contribution in [3.05, 3.63) is 110 Å². The van der Waals surface area contributed by atoms with Crippen molar-refractivity contribution in [2.45, 2.75) is 74.1 Å². The van der Waals surface area contributed by atoms with Crippen molar-refractivity contribution in [2.24, 2.45) is 24.9 Å². The Morgan fingerprint density at radius 3 is 1.49 bits per heavy atom. The summed E-state index contributed by atoms with van der Waals surface area (Å²) >= 11 is 12.4. The molecule has 0 saturated heterocycles. The van der Waals surface area contributed by atoms with Crippen LogP contribution in [-0.4, -0.2) is 69.5 Å². The second kappa shape index (κ2) is 18.6. The molecular weight excluding hydrogens is 844 g/mol. The van der Waals surface area contributed by atoms with Crippen molar-refractivity contribution in [3.63, 3.8) is 0 Å². The van der Waals surface area contributed by atoms with Crippen LogP contribution >= 0.6 is 23.2 Å². The van der Waals surface area contributed by atoms with Gasteiger partial charge in [0.2, 0.25) is 0 Å². The predicted octanol–water partition coefficient (Wildman–Crippen LogP) is 5.29. The first-order chi connectivity index (χ1) is 25.0. The van der Waals surface area contributed by atoms with E-state index in [9.17, 15) is 19.5 Å². The molecule has 0 atom stereocenters. The van der Waals surface area contributed by atoms with Crippen molar-refractivity contribution >= 4 is 74.6 Å². The predicted molar refractivity (Wildman–Crippen MR) is 229 cm³/mol. The van der Waals surface area contributed by atoms with Crippen molar-refractivity contribution in [3.8, 4) is 22.5 Å². The van der Waals surface area contributed by atoms with E-state index in [0.717, 1.165) is 16.6 Å². The Bertz CT molecular complexity index is 2520. The van der Waals surface area contributed by atoms with Gasteiger partial charge in [-0.1, -0.05) is 64.7 Å². The summed E-state index contributed by atoms with van der Waals surface area (Å²) in [7, 11) is 4.76. The first-order valence-electron chi connectivity index (χ1n) is 17.5. The van der Waals surface area contributed by atoms with Crippen LogP contribution in [0, 0.1) is 18.3 Å². The zero-order valence-electron chi connectivity index (χ0n) is 34.8. The molecule has 15 heteroatoms. The standard InChI is InChI=1S/C21H26ClN3O2.C20H22ClN3O3.CH3.BrH.Mg/c1-20(2,3)12-25-17-8-7-16(23-18(17)24(6)19(25)26)13-9-14(21(4,5)27)11-15(22)10-13;1-20(2,3)11-24-16-7-6-15(22-17(16)23(4)19(24)26)12-8-13(18(25)27-5)10-14(21)9-12;;;/h7-11,27H,12H2,1-6H3;6-10H,11H2,1-5H3;1H3;1H;/q;;-1;;+2/p-1. The fourth-order valence-electron chi connectivity index (χ4n) is 6.19. The van der Waals surface area contributed by atoms with Crippen LogP contribution in [0.25, 0.3) is 44.8 Å². The molecule has 0 bridgehead atoms. The molecule has 0 saturated carbocycles. The van der Waals surface area contributed by atoms with Crippen LogP contribution in [-0.2, 0) is 37.5 Å². The number of aromatic nitrogens is 6. The Hall–Kier alpha value is -3.46. The number of rotatable bonds is 6. The fraction of sp³-hybridized carbons (Fsp3) is 0.381. The SMILES string of the molecule is COC(=O)c1cc(Cl)cc(-c2ccc3c(n2)n(C)c(=O)n3CC(C)(C)C)c1.Cn1c(=O)n(CC(C)(C)C)c2ccc(-c3cc(Cl)cc(C(C)(C)O)c3)nc21.[Br-].[CH3-].[Mg+2]. The third-order valence-electron chi connectivity index (χ3n) is 8.74. The number of fused-ring (bicyclic) bond motifs is 2. The van der Waals surface area contributed by atoms with Gasteiger partial charge in [0.25, 0.3) is 0 Å². The fourth-order valence-corrected chi connectivity index (χ4v) is 6.66. The molecule has 0 aliphatic rings. The van der Waals surface area contributed by atoms with Crippen LogP contribution in [0.4, 0.5) is 0 Å². The van der Waals surface area contributed by atoms with E-state index >= 15 is 0 Å². The summed E-state index contributed by atoms with van der Waals surface area (Å²) < 4.78 is 11.4. The third-order valence-corrected chi connectivity index (χ3v) is 9.18. The number of halogens is 3. The van der Waals surface area contributed by atoms with Gasteiger partial charge in [0.1, 0.15) is 0 Å². The Morgan fingerprint density at radius 2 is 1.11 bits per heavy atom. The molecule has 0 unspecified atom stereocenters. The van der Waals surface area contributed by atoms with E-state index in [0.29, 0.717) is 62.5 Å². The third kappa shape index (κ3) is 11.4. The van der Waals surface area contributed by atoms with Crippen LogP contribution in [0.1, 0.15) is 71.3 Å². The largest absolute Gasteiger partial charge is 2.00 e. The molecule has 0 aliphatic heterocycles. The number of nitrogens with zero attached hydrogens (tertiary/aromatic N) is 6. The van der Waals surface area contributed by atoms with Crippen LogP contribution in [0.2, 0.25) is 10.0 Å². The number of aliphatic hydroxyl groups is 1. The molecule has 0 spiro atoms. The molecule has 57 heavy (non-hydrogen) atoms. The van der Waals surface area contributed by atoms with E-state index in [-0.39, 0.29) is 69.7 Å². The minimum Gasteiger partial charge on any atom is -1.00 e. The van der Waals surface area contributed by atoms with Gasteiger partial charge in [0.15, 0.2) is 11.3 Å². The van der Waals surface area contributed by atoms with Gasteiger partial charge in [-0.25, -0.2) is 24.4 Å². The average molecular weight is 895 g/mol. The van der Waals surface area contributed by atoms with Crippen molar-refractivity contribution in [1.29, 1.82) is 0 Å². The molecule has 11 nitrogen and oxygen atoms in total. The molecule has 1 N–H and O–H groups in total. The number of hydrogen-bond donors (Lipinski definition) is 1. The molecule has 0 fully saturated rings. The molecule has 2 aromatic carbocycles. The molecule has 4 heterocycles. The van der Waals surface area contributed by atoms with Gasteiger partial charge in [-0.05, 0) is 90.9 Å². The molecular formula is C42H51BrCl2MgN6O5. The summed E-state index contributed by atoms with van der Waals surface area (Å²) in [5.74, 6) is -0.469. The normalized spacial score (nSPS) is 11.6. The van der Waals surface area contributed by atoms with Crippen LogP contribution in [0.15, 0.2) is 70.3 Å². The van der Waals surface area contributed by atoms with E-state index in [1.165, 1.54) is 11.7 Å². The van der Waals surface area contributed by atoms with Gasteiger partial charge >= 0.3 is 40.4 Å². The van der Waals surface area contributed by atoms with E-state index in [2.05, 4.69) is 46.5 Å². The minimum absolute atomic E-state index is 0. The maximum absolute atomic E-state index is 12.7. The summed E-state index contributed by atoms with van der Waals surface area (Å²) in [4.78, 5) is 46.6. The first kappa shape index (κ1) is 49.7. The number of methoxy groups -OCH3 is 1. The van der Waals surface area contributed by atoms with Crippen LogP contribution in [0.3, 0.4) is 0 Å². The van der Waals surface area contributed by atoms with Crippen molar-refractivity contribution < 1.29 is 31.6 Å². The number of aryl methyl sites for hydroxylation is 2. The zero-order chi connectivity index (χ0) is 40.1. The summed E-state index contributed by atoms with van der Waals surface area (Å²) in [5, 5.41) is 11.3. The summed E-state index contributed by atoms with van der Waals surface area (Å²) in [6.07, 6.45) is 0. The van der Waals surface area contributed by atoms with Gasteiger partial charge in [0, 0.05) is 48.4 Å². The maximum atomic E-state index is 12.7. The molecule has 0 radical (unpaired) electrons. The van der Waals surface area contributed by atoms with Gasteiger partial charge in [-0.15, -0.1) is 0 Å². The van der Waals surface area contributed by atoms with Crippen molar-refractivity contribution in [2.75, 3.05) is 7.11 Å². The molecule has 0 amide bonds. The Kier molecular flexibility index (Phi) is 16.2. The zero-order valence-corrected chi connectivity index (χ0v) is 39.3. The molecule has 302 valence electrons. The number of imidazole rings is 2. The Labute approximate surface area is 370 Å². The number of carbonyl (C=O) groups is 1. The van der Waals surface area contributed by atoms with Crippen molar-refractivity contribution in [1.82, 2.24) is 28.2 Å². The van der Waals surface area contributed by atoms with E-state index in [4.69, 9.17) is 32.9 Å².